The number of hydrogen-bond donors (Lipinski definition) is 2. The SMILES string of the molecule is C=CC(C)(C)C(CCCCCCC(=O)OO)(C(=O)OO)C(C)(C)C=C. The largest absolute Gasteiger partial charge is 0.349 e. The molecular weight excluding hydrogens is 324 g/mol. The zero-order valence-electron chi connectivity index (χ0n) is 15.8. The third kappa shape index (κ3) is 5.16. The van der Waals surface area contributed by atoms with Crippen molar-refractivity contribution in [1.82, 2.24) is 0 Å². The maximum absolute atomic E-state index is 12.6. The van der Waals surface area contributed by atoms with Crippen LogP contribution in [-0.4, -0.2) is 22.5 Å². The van der Waals surface area contributed by atoms with Gasteiger partial charge in [-0.1, -0.05) is 59.1 Å². The van der Waals surface area contributed by atoms with Crippen LogP contribution >= 0.6 is 0 Å². The van der Waals surface area contributed by atoms with Gasteiger partial charge in [0.25, 0.3) is 0 Å². The van der Waals surface area contributed by atoms with Crippen molar-refractivity contribution in [3.8, 4) is 0 Å². The molecule has 0 fully saturated rings. The molecule has 0 aliphatic heterocycles. The first-order valence-corrected chi connectivity index (χ1v) is 8.53. The molecule has 6 nitrogen and oxygen atoms in total. The van der Waals surface area contributed by atoms with E-state index < -0.39 is 28.2 Å². The van der Waals surface area contributed by atoms with Gasteiger partial charge in [0.15, 0.2) is 0 Å². The smallest absolute Gasteiger partial charge is 0.301 e. The summed E-state index contributed by atoms with van der Waals surface area (Å²) in [6, 6.07) is 0. The van der Waals surface area contributed by atoms with Gasteiger partial charge < -0.3 is 9.78 Å². The first-order chi connectivity index (χ1) is 11.6. The van der Waals surface area contributed by atoms with Crippen molar-refractivity contribution in [3.63, 3.8) is 0 Å². The molecule has 0 aromatic rings. The fraction of sp³-hybridized carbons (Fsp3) is 0.684. The van der Waals surface area contributed by atoms with Crippen molar-refractivity contribution < 1.29 is 29.9 Å². The molecule has 0 atom stereocenters. The molecule has 0 spiro atoms. The fourth-order valence-corrected chi connectivity index (χ4v) is 3.59. The molecule has 6 heteroatoms. The van der Waals surface area contributed by atoms with E-state index in [0.717, 1.165) is 12.8 Å². The highest BCUT2D eigenvalue weighted by Crippen LogP contribution is 2.57. The van der Waals surface area contributed by atoms with Crippen LogP contribution in [0.2, 0.25) is 0 Å². The minimum Gasteiger partial charge on any atom is -0.301 e. The van der Waals surface area contributed by atoms with E-state index in [4.69, 9.17) is 10.5 Å². The molecule has 0 heterocycles. The van der Waals surface area contributed by atoms with Gasteiger partial charge in [-0.05, 0) is 23.7 Å². The van der Waals surface area contributed by atoms with E-state index >= 15 is 0 Å². The van der Waals surface area contributed by atoms with Crippen LogP contribution in [0.4, 0.5) is 0 Å². The summed E-state index contributed by atoms with van der Waals surface area (Å²) in [4.78, 5) is 31.3. The van der Waals surface area contributed by atoms with Crippen molar-refractivity contribution in [2.75, 3.05) is 0 Å². The highest BCUT2D eigenvalue weighted by atomic mass is 17.1. The number of rotatable bonds is 12. The van der Waals surface area contributed by atoms with E-state index in [-0.39, 0.29) is 6.42 Å². The van der Waals surface area contributed by atoms with Gasteiger partial charge in [-0.3, -0.25) is 0 Å². The fourth-order valence-electron chi connectivity index (χ4n) is 3.59. The number of hydrogen-bond acceptors (Lipinski definition) is 6. The number of carbonyl (C=O) groups is 2. The zero-order valence-corrected chi connectivity index (χ0v) is 15.8. The Kier molecular flexibility index (Phi) is 9.08. The van der Waals surface area contributed by atoms with Gasteiger partial charge in [0, 0.05) is 6.42 Å². The van der Waals surface area contributed by atoms with Crippen molar-refractivity contribution in [2.45, 2.75) is 66.2 Å². The molecule has 0 aromatic carbocycles. The van der Waals surface area contributed by atoms with Crippen LogP contribution in [-0.2, 0) is 19.4 Å². The average molecular weight is 356 g/mol. The second-order valence-corrected chi connectivity index (χ2v) is 7.51. The first kappa shape index (κ1) is 23.3. The van der Waals surface area contributed by atoms with Gasteiger partial charge in [0.1, 0.15) is 0 Å². The summed E-state index contributed by atoms with van der Waals surface area (Å²) in [6.07, 6.45) is 6.83. The minimum atomic E-state index is -1.04. The molecule has 0 rings (SSSR count). The quantitative estimate of drug-likeness (QED) is 0.226. The standard InChI is InChI=1S/C19H32O6/c1-7-17(3,4)19(16(21)25-23,18(5,6)8-2)14-12-10-9-11-13-15(20)24-22/h7-8,22-23H,1-2,9-14H2,3-6H3. The van der Waals surface area contributed by atoms with E-state index in [1.807, 2.05) is 27.7 Å². The summed E-state index contributed by atoms with van der Waals surface area (Å²) in [7, 11) is 0. The Bertz CT molecular complexity index is 458. The van der Waals surface area contributed by atoms with Gasteiger partial charge >= 0.3 is 11.9 Å². The Morgan fingerprint density at radius 2 is 1.36 bits per heavy atom. The Hall–Kier alpha value is -1.66. The molecule has 0 saturated carbocycles. The third-order valence-electron chi connectivity index (χ3n) is 5.44. The van der Waals surface area contributed by atoms with Gasteiger partial charge in [-0.15, -0.1) is 13.2 Å². The van der Waals surface area contributed by atoms with Crippen molar-refractivity contribution in [1.29, 1.82) is 0 Å². The van der Waals surface area contributed by atoms with Gasteiger partial charge in [-0.25, -0.2) is 9.59 Å². The maximum atomic E-state index is 12.6. The monoisotopic (exact) mass is 356 g/mol. The minimum absolute atomic E-state index is 0.149. The Morgan fingerprint density at radius 3 is 1.76 bits per heavy atom. The van der Waals surface area contributed by atoms with Gasteiger partial charge in [0.2, 0.25) is 0 Å². The highest BCUT2D eigenvalue weighted by molar-refractivity contribution is 5.79. The Labute approximate surface area is 150 Å². The highest BCUT2D eigenvalue weighted by Gasteiger charge is 2.58. The molecular formula is C19H32O6. The summed E-state index contributed by atoms with van der Waals surface area (Å²) in [5, 5.41) is 17.3. The molecule has 0 aliphatic carbocycles. The van der Waals surface area contributed by atoms with Crippen LogP contribution in [0.15, 0.2) is 25.3 Å². The van der Waals surface area contributed by atoms with Gasteiger partial charge in [-0.2, -0.15) is 10.5 Å². The lowest BCUT2D eigenvalue weighted by Gasteiger charge is -2.51. The van der Waals surface area contributed by atoms with Crippen LogP contribution in [0.1, 0.15) is 66.2 Å². The normalized spacial score (nSPS) is 12.4. The molecule has 0 saturated heterocycles. The summed E-state index contributed by atoms with van der Waals surface area (Å²) in [6.45, 7) is 15.3. The maximum Gasteiger partial charge on any atom is 0.349 e. The second kappa shape index (κ2) is 9.73. The lowest BCUT2D eigenvalue weighted by Crippen LogP contribution is -2.53. The number of carbonyl (C=O) groups excluding carboxylic acids is 2. The lowest BCUT2D eigenvalue weighted by atomic mass is 9.51. The van der Waals surface area contributed by atoms with Crippen LogP contribution < -0.4 is 0 Å². The van der Waals surface area contributed by atoms with E-state index in [9.17, 15) is 9.59 Å². The van der Waals surface area contributed by atoms with E-state index in [2.05, 4.69) is 22.9 Å². The molecule has 2 N–H and O–H groups in total. The predicted octanol–water partition coefficient (Wildman–Crippen LogP) is 4.77. The molecule has 25 heavy (non-hydrogen) atoms. The third-order valence-corrected chi connectivity index (χ3v) is 5.44. The molecule has 0 aliphatic rings. The summed E-state index contributed by atoms with van der Waals surface area (Å²) >= 11 is 0. The van der Waals surface area contributed by atoms with Crippen molar-refractivity contribution in [3.05, 3.63) is 25.3 Å². The molecule has 0 radical (unpaired) electrons. The predicted molar refractivity (Wildman–Crippen MR) is 95.5 cm³/mol. The molecule has 0 bridgehead atoms. The molecule has 0 unspecified atom stereocenters. The summed E-state index contributed by atoms with van der Waals surface area (Å²) in [5.74, 6) is -1.36. The lowest BCUT2D eigenvalue weighted by molar-refractivity contribution is -0.257. The van der Waals surface area contributed by atoms with Crippen LogP contribution in [0, 0.1) is 16.2 Å². The van der Waals surface area contributed by atoms with E-state index in [0.29, 0.717) is 19.3 Å². The van der Waals surface area contributed by atoms with Crippen molar-refractivity contribution >= 4 is 11.9 Å². The Balaban J connectivity index is 5.28. The van der Waals surface area contributed by atoms with Crippen molar-refractivity contribution in [2.24, 2.45) is 16.2 Å². The van der Waals surface area contributed by atoms with E-state index in [1.54, 1.807) is 12.2 Å². The van der Waals surface area contributed by atoms with Gasteiger partial charge in [0.05, 0.1) is 5.41 Å². The average Bonchev–Trinajstić information content (AvgIpc) is 2.59. The topological polar surface area (TPSA) is 93.1 Å². The summed E-state index contributed by atoms with van der Waals surface area (Å²) in [5.41, 5.74) is -2.33. The van der Waals surface area contributed by atoms with Crippen LogP contribution in [0.5, 0.6) is 0 Å². The number of allylic oxidation sites excluding steroid dienone is 2. The van der Waals surface area contributed by atoms with Crippen LogP contribution in [0.3, 0.4) is 0 Å². The molecule has 0 amide bonds. The number of unbranched alkanes of at least 4 members (excludes halogenated alkanes) is 3. The second-order valence-electron chi connectivity index (χ2n) is 7.51. The summed E-state index contributed by atoms with van der Waals surface area (Å²) < 4.78 is 0. The first-order valence-electron chi connectivity index (χ1n) is 8.53. The van der Waals surface area contributed by atoms with E-state index in [1.165, 1.54) is 0 Å². The molecule has 144 valence electrons. The zero-order chi connectivity index (χ0) is 19.7. The molecule has 0 aromatic heterocycles. The van der Waals surface area contributed by atoms with Crippen LogP contribution in [0.25, 0.3) is 0 Å². The Morgan fingerprint density at radius 1 is 0.880 bits per heavy atom.